The minimum Gasteiger partial charge on any atom is -0.354 e. The summed E-state index contributed by atoms with van der Waals surface area (Å²) in [6, 6.07) is 10.3. The van der Waals surface area contributed by atoms with Crippen LogP contribution < -0.4 is 10.6 Å². The summed E-state index contributed by atoms with van der Waals surface area (Å²) in [5, 5.41) is 6.32. The monoisotopic (exact) mass is 488 g/mol. The van der Waals surface area contributed by atoms with Gasteiger partial charge in [0, 0.05) is 16.5 Å². The van der Waals surface area contributed by atoms with Crippen LogP contribution in [0.2, 0.25) is 10.0 Å². The lowest BCUT2D eigenvalue weighted by Crippen LogP contribution is -2.47. The number of carbonyl (C=O) groups excluding carboxylic acids is 2. The first-order valence-electron chi connectivity index (χ1n) is 9.31. The third kappa shape index (κ3) is 8.38. The molecule has 0 saturated carbocycles. The molecule has 0 spiro atoms. The fourth-order valence-corrected chi connectivity index (χ4v) is 4.36. The van der Waals surface area contributed by atoms with Gasteiger partial charge in [0.05, 0.1) is 10.6 Å². The van der Waals surface area contributed by atoms with Crippen molar-refractivity contribution in [1.82, 2.24) is 10.6 Å². The van der Waals surface area contributed by atoms with Gasteiger partial charge in [0.2, 0.25) is 5.91 Å². The number of nitrogens with one attached hydrogen (secondary N) is 2. The third-order valence-electron chi connectivity index (χ3n) is 4.11. The Morgan fingerprint density at radius 2 is 1.83 bits per heavy atom. The standard InChI is InChI=1S/C21H23Cl2FN2O2S2/c1-29-12-9-19(26-20(27)17-8-3-14(22)13-18(17)23)21(28)25-10-2-11-30-16-6-4-15(24)5-7-16/h3-8,13,19H,2,9-12H2,1H3,(H,25,28)(H,26,27). The van der Waals surface area contributed by atoms with Gasteiger partial charge in [0.1, 0.15) is 11.9 Å². The fourth-order valence-electron chi connectivity index (χ4n) is 2.54. The minimum atomic E-state index is -0.651. The second-order valence-electron chi connectivity index (χ2n) is 6.38. The van der Waals surface area contributed by atoms with Crippen LogP contribution in [0.1, 0.15) is 23.2 Å². The maximum Gasteiger partial charge on any atom is 0.253 e. The molecule has 1 atom stereocenters. The average molecular weight is 489 g/mol. The number of carbonyl (C=O) groups is 2. The van der Waals surface area contributed by atoms with Crippen LogP contribution in [0.15, 0.2) is 47.4 Å². The van der Waals surface area contributed by atoms with Crippen LogP contribution in [0.25, 0.3) is 0 Å². The summed E-state index contributed by atoms with van der Waals surface area (Å²) in [6.07, 6.45) is 3.20. The van der Waals surface area contributed by atoms with Crippen molar-refractivity contribution in [3.8, 4) is 0 Å². The lowest BCUT2D eigenvalue weighted by molar-refractivity contribution is -0.123. The Bertz CT molecular complexity index is 853. The molecule has 2 aromatic rings. The van der Waals surface area contributed by atoms with Crippen molar-refractivity contribution in [2.24, 2.45) is 0 Å². The van der Waals surface area contributed by atoms with Gasteiger partial charge in [0.25, 0.3) is 5.91 Å². The molecule has 4 nitrogen and oxygen atoms in total. The smallest absolute Gasteiger partial charge is 0.253 e. The van der Waals surface area contributed by atoms with E-state index in [2.05, 4.69) is 10.6 Å². The van der Waals surface area contributed by atoms with Gasteiger partial charge in [-0.05, 0) is 73.1 Å². The lowest BCUT2D eigenvalue weighted by atomic mass is 10.1. The zero-order chi connectivity index (χ0) is 21.9. The summed E-state index contributed by atoms with van der Waals surface area (Å²) < 4.78 is 12.9. The molecular formula is C21H23Cl2FN2O2S2. The summed E-state index contributed by atoms with van der Waals surface area (Å²) in [4.78, 5) is 26.1. The van der Waals surface area contributed by atoms with E-state index in [4.69, 9.17) is 23.2 Å². The van der Waals surface area contributed by atoms with Crippen molar-refractivity contribution in [3.05, 3.63) is 63.9 Å². The molecule has 2 N–H and O–H groups in total. The van der Waals surface area contributed by atoms with Gasteiger partial charge in [0.15, 0.2) is 0 Å². The van der Waals surface area contributed by atoms with Crippen molar-refractivity contribution in [3.63, 3.8) is 0 Å². The Balaban J connectivity index is 1.83. The van der Waals surface area contributed by atoms with E-state index in [1.54, 1.807) is 41.7 Å². The molecule has 0 radical (unpaired) electrons. The predicted octanol–water partition coefficient (Wildman–Crippen LogP) is 5.28. The van der Waals surface area contributed by atoms with Crippen LogP contribution in [-0.4, -0.2) is 42.2 Å². The molecule has 0 aromatic heterocycles. The van der Waals surface area contributed by atoms with Gasteiger partial charge in [-0.15, -0.1) is 11.8 Å². The van der Waals surface area contributed by atoms with Crippen LogP contribution in [0.4, 0.5) is 4.39 Å². The Kier molecular flexibility index (Phi) is 10.9. The van der Waals surface area contributed by atoms with Crippen molar-refractivity contribution < 1.29 is 14.0 Å². The SMILES string of the molecule is CSCCC(NC(=O)c1ccc(Cl)cc1Cl)C(=O)NCCCSc1ccc(F)cc1. The summed E-state index contributed by atoms with van der Waals surface area (Å²) >= 11 is 15.2. The third-order valence-corrected chi connectivity index (χ3v) is 6.40. The Morgan fingerprint density at radius 1 is 1.10 bits per heavy atom. The quantitative estimate of drug-likeness (QED) is 0.333. The molecular weight excluding hydrogens is 466 g/mol. The molecule has 0 saturated heterocycles. The van der Waals surface area contributed by atoms with E-state index in [-0.39, 0.29) is 22.3 Å². The van der Waals surface area contributed by atoms with Gasteiger partial charge in [-0.25, -0.2) is 4.39 Å². The highest BCUT2D eigenvalue weighted by molar-refractivity contribution is 7.99. The molecule has 1 unspecified atom stereocenters. The zero-order valence-electron chi connectivity index (χ0n) is 16.4. The number of rotatable bonds is 11. The van der Waals surface area contributed by atoms with Gasteiger partial charge < -0.3 is 10.6 Å². The van der Waals surface area contributed by atoms with E-state index in [0.717, 1.165) is 22.8 Å². The molecule has 0 aliphatic heterocycles. The highest BCUT2D eigenvalue weighted by Gasteiger charge is 2.22. The molecule has 2 aromatic carbocycles. The van der Waals surface area contributed by atoms with Gasteiger partial charge in [-0.2, -0.15) is 11.8 Å². The second-order valence-corrected chi connectivity index (χ2v) is 9.38. The number of amides is 2. The van der Waals surface area contributed by atoms with E-state index in [9.17, 15) is 14.0 Å². The molecule has 162 valence electrons. The Hall–Kier alpha value is -1.41. The predicted molar refractivity (Wildman–Crippen MR) is 125 cm³/mol. The molecule has 0 bridgehead atoms. The molecule has 9 heteroatoms. The summed E-state index contributed by atoms with van der Waals surface area (Å²) in [6.45, 7) is 0.486. The van der Waals surface area contributed by atoms with E-state index >= 15 is 0 Å². The van der Waals surface area contributed by atoms with Crippen molar-refractivity contribution >= 4 is 58.5 Å². The van der Waals surface area contributed by atoms with Crippen molar-refractivity contribution in [1.29, 1.82) is 0 Å². The molecule has 0 aliphatic rings. The zero-order valence-corrected chi connectivity index (χ0v) is 19.6. The van der Waals surface area contributed by atoms with Gasteiger partial charge in [-0.3, -0.25) is 9.59 Å². The number of thioether (sulfide) groups is 2. The summed E-state index contributed by atoms with van der Waals surface area (Å²) in [5.41, 5.74) is 0.277. The number of hydrogen-bond donors (Lipinski definition) is 2. The second kappa shape index (κ2) is 13.1. The Morgan fingerprint density at radius 3 is 2.50 bits per heavy atom. The maximum absolute atomic E-state index is 12.9. The van der Waals surface area contributed by atoms with Gasteiger partial charge >= 0.3 is 0 Å². The van der Waals surface area contributed by atoms with Crippen LogP contribution in [0.5, 0.6) is 0 Å². The topological polar surface area (TPSA) is 58.2 Å². The minimum absolute atomic E-state index is 0.228. The normalized spacial score (nSPS) is 11.7. The van der Waals surface area contributed by atoms with E-state index in [0.29, 0.717) is 18.0 Å². The van der Waals surface area contributed by atoms with Crippen LogP contribution in [-0.2, 0) is 4.79 Å². The highest BCUT2D eigenvalue weighted by Crippen LogP contribution is 2.21. The first-order chi connectivity index (χ1) is 14.4. The molecule has 0 fully saturated rings. The molecule has 2 rings (SSSR count). The number of hydrogen-bond acceptors (Lipinski definition) is 4. The van der Waals surface area contributed by atoms with Gasteiger partial charge in [-0.1, -0.05) is 23.2 Å². The Labute approximate surface area is 194 Å². The summed E-state index contributed by atoms with van der Waals surface area (Å²) in [7, 11) is 0. The first kappa shape index (κ1) is 24.9. The summed E-state index contributed by atoms with van der Waals surface area (Å²) in [5.74, 6) is 0.616. The highest BCUT2D eigenvalue weighted by atomic mass is 35.5. The maximum atomic E-state index is 12.9. The largest absolute Gasteiger partial charge is 0.354 e. The van der Waals surface area contributed by atoms with E-state index in [1.807, 2.05) is 6.26 Å². The number of halogens is 3. The molecule has 0 heterocycles. The van der Waals surface area contributed by atoms with Crippen LogP contribution in [0.3, 0.4) is 0 Å². The first-order valence-corrected chi connectivity index (χ1v) is 12.4. The fraction of sp³-hybridized carbons (Fsp3) is 0.333. The lowest BCUT2D eigenvalue weighted by Gasteiger charge is -2.18. The molecule has 0 aliphatic carbocycles. The van der Waals surface area contributed by atoms with Crippen LogP contribution >= 0.6 is 46.7 Å². The molecule has 30 heavy (non-hydrogen) atoms. The van der Waals surface area contributed by atoms with Crippen molar-refractivity contribution in [2.75, 3.05) is 24.3 Å². The van der Waals surface area contributed by atoms with E-state index in [1.165, 1.54) is 24.3 Å². The molecule has 2 amide bonds. The number of benzene rings is 2. The van der Waals surface area contributed by atoms with Crippen molar-refractivity contribution in [2.45, 2.75) is 23.8 Å². The van der Waals surface area contributed by atoms with Crippen LogP contribution in [0, 0.1) is 5.82 Å². The average Bonchev–Trinajstić information content (AvgIpc) is 2.71. The van der Waals surface area contributed by atoms with E-state index < -0.39 is 11.9 Å².